The molecule has 2 atom stereocenters. The van der Waals surface area contributed by atoms with Gasteiger partial charge in [0.1, 0.15) is 5.76 Å². The van der Waals surface area contributed by atoms with Gasteiger partial charge in [-0.25, -0.2) is 0 Å². The van der Waals surface area contributed by atoms with Crippen LogP contribution in [0.15, 0.2) is 28.8 Å². The van der Waals surface area contributed by atoms with Crippen molar-refractivity contribution in [1.29, 1.82) is 0 Å². The van der Waals surface area contributed by atoms with Crippen LogP contribution in [0.2, 0.25) is 0 Å². The highest BCUT2D eigenvalue weighted by molar-refractivity contribution is 5.52. The van der Waals surface area contributed by atoms with Gasteiger partial charge in [-0.3, -0.25) is 4.90 Å². The molecule has 5 heteroatoms. The maximum absolute atomic E-state index is 10.6. The van der Waals surface area contributed by atoms with Crippen molar-refractivity contribution in [2.24, 2.45) is 5.92 Å². The summed E-state index contributed by atoms with van der Waals surface area (Å²) < 4.78 is 5.36. The molecular weight excluding hydrogens is 350 g/mol. The molecule has 2 aliphatic heterocycles. The molecule has 0 amide bonds. The maximum atomic E-state index is 10.6. The van der Waals surface area contributed by atoms with Crippen molar-refractivity contribution in [3.63, 3.8) is 0 Å². The normalized spacial score (nSPS) is 26.1. The number of fused-ring (bicyclic) bond motifs is 1. The largest absolute Gasteiger partial charge is 0.391 e. The molecule has 1 aliphatic carbocycles. The molecule has 0 saturated carbocycles. The Bertz CT molecular complexity index is 825. The molecule has 0 bridgehead atoms. The van der Waals surface area contributed by atoms with E-state index in [0.29, 0.717) is 6.04 Å². The molecular formula is C23H31N3O2. The lowest BCUT2D eigenvalue weighted by Gasteiger charge is -2.38. The van der Waals surface area contributed by atoms with E-state index in [-0.39, 0.29) is 12.0 Å². The van der Waals surface area contributed by atoms with Gasteiger partial charge in [-0.15, -0.1) is 0 Å². The molecule has 2 aromatic rings. The second-order valence-electron chi connectivity index (χ2n) is 8.94. The summed E-state index contributed by atoms with van der Waals surface area (Å²) in [4.78, 5) is 5.06. The number of nitrogens with zero attached hydrogens (tertiary/aromatic N) is 3. The third-order valence-electron chi connectivity index (χ3n) is 7.00. The van der Waals surface area contributed by atoms with Crippen molar-refractivity contribution in [3.8, 4) is 0 Å². The topological polar surface area (TPSA) is 52.7 Å². The zero-order valence-corrected chi connectivity index (χ0v) is 16.8. The first-order valence-electron chi connectivity index (χ1n) is 10.9. The fraction of sp³-hybridized carbons (Fsp3) is 0.609. The lowest BCUT2D eigenvalue weighted by atomic mass is 10.00. The Balaban J connectivity index is 1.17. The van der Waals surface area contributed by atoms with E-state index in [1.165, 1.54) is 37.8 Å². The minimum Gasteiger partial charge on any atom is -0.391 e. The number of piperidine rings is 1. The van der Waals surface area contributed by atoms with Gasteiger partial charge < -0.3 is 14.5 Å². The molecule has 5 nitrogen and oxygen atoms in total. The summed E-state index contributed by atoms with van der Waals surface area (Å²) in [5.41, 5.74) is 5.43. The van der Waals surface area contributed by atoms with Crippen molar-refractivity contribution in [3.05, 3.63) is 46.8 Å². The number of hydrogen-bond acceptors (Lipinski definition) is 5. The summed E-state index contributed by atoms with van der Waals surface area (Å²) in [5, 5.41) is 14.5. The average molecular weight is 382 g/mol. The summed E-state index contributed by atoms with van der Waals surface area (Å²) in [6, 6.07) is 9.67. The molecule has 2 fully saturated rings. The van der Waals surface area contributed by atoms with Crippen LogP contribution in [0, 0.1) is 12.8 Å². The molecule has 2 saturated heterocycles. The molecule has 1 aromatic heterocycles. The number of rotatable bonds is 4. The summed E-state index contributed by atoms with van der Waals surface area (Å²) >= 11 is 0. The molecule has 3 aliphatic rings. The van der Waals surface area contributed by atoms with Crippen LogP contribution < -0.4 is 4.90 Å². The van der Waals surface area contributed by atoms with Gasteiger partial charge in [0.05, 0.1) is 11.8 Å². The first kappa shape index (κ1) is 18.2. The predicted molar refractivity (Wildman–Crippen MR) is 110 cm³/mol. The van der Waals surface area contributed by atoms with Gasteiger partial charge >= 0.3 is 0 Å². The van der Waals surface area contributed by atoms with Crippen LogP contribution in [0.1, 0.15) is 41.8 Å². The zero-order valence-electron chi connectivity index (χ0n) is 16.8. The Labute approximate surface area is 167 Å². The van der Waals surface area contributed by atoms with Crippen molar-refractivity contribution in [1.82, 2.24) is 10.1 Å². The van der Waals surface area contributed by atoms with Crippen LogP contribution in [0.25, 0.3) is 0 Å². The standard InChI is InChI=1S/C23H31N3O2/c1-16-11-22(28-24-16)13-19-14-26(15-23(19)27)20-7-9-25(10-8-20)21-6-5-17-3-2-4-18(17)12-21/h5-6,11-12,19-20,23,27H,2-4,7-10,13-15H2,1H3/t19-,23-/m1/s1. The monoisotopic (exact) mass is 381 g/mol. The highest BCUT2D eigenvalue weighted by Gasteiger charge is 2.36. The van der Waals surface area contributed by atoms with Crippen molar-refractivity contribution in [2.45, 2.75) is 57.6 Å². The second kappa shape index (κ2) is 7.53. The Hall–Kier alpha value is -1.85. The molecule has 1 N–H and O–H groups in total. The molecule has 0 spiro atoms. The third-order valence-corrected chi connectivity index (χ3v) is 7.00. The number of hydrogen-bond donors (Lipinski definition) is 1. The zero-order chi connectivity index (χ0) is 19.1. The third kappa shape index (κ3) is 3.58. The van der Waals surface area contributed by atoms with Crippen LogP contribution in [-0.4, -0.2) is 53.5 Å². The van der Waals surface area contributed by atoms with Crippen LogP contribution in [0.5, 0.6) is 0 Å². The molecule has 28 heavy (non-hydrogen) atoms. The van der Waals surface area contributed by atoms with Gasteiger partial charge in [-0.2, -0.15) is 0 Å². The van der Waals surface area contributed by atoms with E-state index in [4.69, 9.17) is 4.52 Å². The van der Waals surface area contributed by atoms with Gasteiger partial charge in [-0.1, -0.05) is 11.2 Å². The minimum atomic E-state index is -0.264. The first-order chi connectivity index (χ1) is 13.7. The van der Waals surface area contributed by atoms with Gasteiger partial charge in [0.25, 0.3) is 0 Å². The number of aliphatic hydroxyl groups is 1. The van der Waals surface area contributed by atoms with Gasteiger partial charge in [0.15, 0.2) is 0 Å². The summed E-state index contributed by atoms with van der Waals surface area (Å²) in [7, 11) is 0. The number of β-amino-alcohol motifs (C(OH)–C–C–N with tert-alkyl or cyclic N) is 1. The number of benzene rings is 1. The van der Waals surface area contributed by atoms with Crippen molar-refractivity contribution < 1.29 is 9.63 Å². The maximum Gasteiger partial charge on any atom is 0.137 e. The summed E-state index contributed by atoms with van der Waals surface area (Å²) in [6.45, 7) is 5.93. The van der Waals surface area contributed by atoms with E-state index in [1.807, 2.05) is 13.0 Å². The van der Waals surface area contributed by atoms with Gasteiger partial charge in [0.2, 0.25) is 0 Å². The van der Waals surface area contributed by atoms with Crippen molar-refractivity contribution in [2.75, 3.05) is 31.1 Å². The Kier molecular flexibility index (Phi) is 4.89. The molecule has 3 heterocycles. The SMILES string of the molecule is Cc1cc(C[C@@H]2CN(C3CCN(c4ccc5c(c4)CCC5)CC3)C[C@H]2O)on1. The molecule has 1 aromatic carbocycles. The first-order valence-corrected chi connectivity index (χ1v) is 10.9. The number of aromatic nitrogens is 1. The van der Waals surface area contributed by atoms with E-state index in [0.717, 1.165) is 44.1 Å². The minimum absolute atomic E-state index is 0.252. The predicted octanol–water partition coefficient (Wildman–Crippen LogP) is 2.98. The van der Waals surface area contributed by atoms with Gasteiger partial charge in [-0.05, 0) is 62.3 Å². The Morgan fingerprint density at radius 2 is 1.93 bits per heavy atom. The molecule has 0 unspecified atom stereocenters. The molecule has 150 valence electrons. The average Bonchev–Trinajstić information content (AvgIpc) is 3.42. The second-order valence-corrected chi connectivity index (χ2v) is 8.94. The fourth-order valence-corrected chi connectivity index (χ4v) is 5.40. The smallest absolute Gasteiger partial charge is 0.137 e. The lowest BCUT2D eigenvalue weighted by molar-refractivity contribution is 0.129. The van der Waals surface area contributed by atoms with Crippen LogP contribution in [0.4, 0.5) is 5.69 Å². The Morgan fingerprint density at radius 3 is 2.71 bits per heavy atom. The van der Waals surface area contributed by atoms with E-state index in [1.54, 1.807) is 11.1 Å². The highest BCUT2D eigenvalue weighted by atomic mass is 16.5. The lowest BCUT2D eigenvalue weighted by Crippen LogP contribution is -2.44. The van der Waals surface area contributed by atoms with E-state index in [9.17, 15) is 5.11 Å². The van der Waals surface area contributed by atoms with E-state index >= 15 is 0 Å². The summed E-state index contributed by atoms with van der Waals surface area (Å²) in [6.07, 6.45) is 6.69. The highest BCUT2D eigenvalue weighted by Crippen LogP contribution is 2.31. The fourth-order valence-electron chi connectivity index (χ4n) is 5.40. The van der Waals surface area contributed by atoms with Crippen molar-refractivity contribution >= 4 is 5.69 Å². The quantitative estimate of drug-likeness (QED) is 0.882. The number of anilines is 1. The molecule has 5 rings (SSSR count). The molecule has 0 radical (unpaired) electrons. The summed E-state index contributed by atoms with van der Waals surface area (Å²) in [5.74, 6) is 1.15. The van der Waals surface area contributed by atoms with Crippen LogP contribution >= 0.6 is 0 Å². The van der Waals surface area contributed by atoms with Gasteiger partial charge in [0, 0.05) is 56.3 Å². The number of aryl methyl sites for hydroxylation is 3. The Morgan fingerprint density at radius 1 is 1.11 bits per heavy atom. The van der Waals surface area contributed by atoms with E-state index in [2.05, 4.69) is 33.2 Å². The van der Waals surface area contributed by atoms with Crippen LogP contribution in [-0.2, 0) is 19.3 Å². The van der Waals surface area contributed by atoms with E-state index < -0.39 is 0 Å². The number of likely N-dealkylation sites (tertiary alicyclic amines) is 1. The van der Waals surface area contributed by atoms with Crippen LogP contribution in [0.3, 0.4) is 0 Å². The number of aliphatic hydroxyl groups excluding tert-OH is 1.